The lowest BCUT2D eigenvalue weighted by Crippen LogP contribution is -2.05. The highest BCUT2D eigenvalue weighted by Gasteiger charge is 2.17. The topological polar surface area (TPSA) is 123 Å². The fourth-order valence-corrected chi connectivity index (χ4v) is 3.71. The molecule has 0 spiro atoms. The Morgan fingerprint density at radius 3 is 2.63 bits per heavy atom. The summed E-state index contributed by atoms with van der Waals surface area (Å²) >= 11 is 0. The predicted molar refractivity (Wildman–Crippen MR) is 134 cm³/mol. The smallest absolute Gasteiger partial charge is 0.237 e. The molecule has 5 aromatic rings. The second-order valence-electron chi connectivity index (χ2n) is 7.73. The molecule has 0 unspecified atom stereocenters. The first kappa shape index (κ1) is 22.1. The monoisotopic (exact) mass is 468 g/mol. The third-order valence-corrected chi connectivity index (χ3v) is 5.40. The fraction of sp³-hybridized carbons (Fsp3) is 0.160. The minimum Gasteiger partial charge on any atom is -0.497 e. The summed E-state index contributed by atoms with van der Waals surface area (Å²) in [4.78, 5) is 25.6. The number of aryl methyl sites for hydroxylation is 1. The van der Waals surface area contributed by atoms with Crippen LogP contribution in [0.15, 0.2) is 61.2 Å². The number of methoxy groups -OCH3 is 2. The molecule has 176 valence electrons. The van der Waals surface area contributed by atoms with Gasteiger partial charge >= 0.3 is 0 Å². The van der Waals surface area contributed by atoms with Gasteiger partial charge in [0.15, 0.2) is 5.65 Å². The normalized spacial score (nSPS) is 10.8. The molecule has 3 N–H and O–H groups in total. The van der Waals surface area contributed by atoms with Gasteiger partial charge in [-0.2, -0.15) is 0 Å². The van der Waals surface area contributed by atoms with Gasteiger partial charge in [0, 0.05) is 30.2 Å². The minimum atomic E-state index is 0.469. The summed E-state index contributed by atoms with van der Waals surface area (Å²) in [5.41, 5.74) is 5.48. The number of rotatable bonds is 8. The van der Waals surface area contributed by atoms with Gasteiger partial charge in [0.25, 0.3) is 0 Å². The van der Waals surface area contributed by atoms with Gasteiger partial charge in [0.2, 0.25) is 5.88 Å². The highest BCUT2D eigenvalue weighted by Crippen LogP contribution is 2.34. The van der Waals surface area contributed by atoms with Crippen LogP contribution < -0.4 is 20.1 Å². The fourth-order valence-electron chi connectivity index (χ4n) is 3.71. The Hall–Kier alpha value is -4.73. The molecule has 10 heteroatoms. The number of pyridine rings is 2. The van der Waals surface area contributed by atoms with Crippen molar-refractivity contribution in [3.8, 4) is 22.9 Å². The van der Waals surface area contributed by atoms with Crippen LogP contribution in [0, 0.1) is 6.92 Å². The van der Waals surface area contributed by atoms with Gasteiger partial charge < -0.3 is 25.1 Å². The standard InChI is InChI=1S/C25H24N8O2/c1-15-31-21(22-24(32-15)30-14-29-22)19-11-16(12-27-17-6-8-18(34-2)9-7-17)13-28-23(19)33-20-5-4-10-26-25(20)35-3/h4-11,13-14,27H,12H2,1-3H3,(H,28,33)(H,29,30,31,32). The number of fused-ring (bicyclic) bond motifs is 1. The van der Waals surface area contributed by atoms with E-state index in [0.29, 0.717) is 41.1 Å². The molecule has 0 atom stereocenters. The molecule has 5 rings (SSSR count). The number of ether oxygens (including phenoxy) is 2. The van der Waals surface area contributed by atoms with Gasteiger partial charge in [0.1, 0.15) is 34.3 Å². The van der Waals surface area contributed by atoms with E-state index < -0.39 is 0 Å². The van der Waals surface area contributed by atoms with Crippen LogP contribution in [0.1, 0.15) is 11.4 Å². The Labute approximate surface area is 201 Å². The third kappa shape index (κ3) is 4.67. The molecular formula is C25H24N8O2. The van der Waals surface area contributed by atoms with Crippen LogP contribution in [0.5, 0.6) is 11.6 Å². The second kappa shape index (κ2) is 9.64. The summed E-state index contributed by atoms with van der Waals surface area (Å²) in [5, 5.41) is 6.78. The van der Waals surface area contributed by atoms with Crippen LogP contribution in [0.3, 0.4) is 0 Å². The molecule has 4 heterocycles. The molecule has 0 aliphatic carbocycles. The average Bonchev–Trinajstić information content (AvgIpc) is 3.36. The Bertz CT molecular complexity index is 1470. The zero-order chi connectivity index (χ0) is 24.2. The molecule has 0 amide bonds. The van der Waals surface area contributed by atoms with Crippen molar-refractivity contribution in [2.24, 2.45) is 0 Å². The van der Waals surface area contributed by atoms with Crippen molar-refractivity contribution < 1.29 is 9.47 Å². The maximum absolute atomic E-state index is 5.41. The molecule has 0 saturated carbocycles. The summed E-state index contributed by atoms with van der Waals surface area (Å²) in [6.45, 7) is 2.41. The molecule has 10 nitrogen and oxygen atoms in total. The first-order chi connectivity index (χ1) is 17.1. The average molecular weight is 469 g/mol. The molecule has 0 radical (unpaired) electrons. The van der Waals surface area contributed by atoms with Gasteiger partial charge in [-0.1, -0.05) is 0 Å². The molecule has 0 fully saturated rings. The van der Waals surface area contributed by atoms with Gasteiger partial charge in [0.05, 0.1) is 20.5 Å². The van der Waals surface area contributed by atoms with Crippen molar-refractivity contribution in [3.05, 3.63) is 72.6 Å². The zero-order valence-electron chi connectivity index (χ0n) is 19.5. The zero-order valence-corrected chi connectivity index (χ0v) is 19.5. The largest absolute Gasteiger partial charge is 0.497 e. The number of aromatic nitrogens is 6. The molecular weight excluding hydrogens is 444 g/mol. The van der Waals surface area contributed by atoms with Crippen molar-refractivity contribution in [2.45, 2.75) is 13.5 Å². The predicted octanol–water partition coefficient (Wildman–Crippen LogP) is 4.49. The van der Waals surface area contributed by atoms with Crippen molar-refractivity contribution >= 4 is 28.4 Å². The third-order valence-electron chi connectivity index (χ3n) is 5.40. The van der Waals surface area contributed by atoms with E-state index in [-0.39, 0.29) is 0 Å². The van der Waals surface area contributed by atoms with Gasteiger partial charge in [-0.25, -0.2) is 24.9 Å². The lowest BCUT2D eigenvalue weighted by molar-refractivity contribution is 0.400. The van der Waals surface area contributed by atoms with Crippen LogP contribution in [0.4, 0.5) is 17.2 Å². The number of H-pyrrole nitrogens is 1. The highest BCUT2D eigenvalue weighted by molar-refractivity contribution is 5.91. The summed E-state index contributed by atoms with van der Waals surface area (Å²) in [5.74, 6) is 2.50. The number of hydrogen-bond acceptors (Lipinski definition) is 9. The number of anilines is 3. The van der Waals surface area contributed by atoms with Gasteiger partial charge in [-0.15, -0.1) is 0 Å². The van der Waals surface area contributed by atoms with Crippen molar-refractivity contribution in [1.82, 2.24) is 29.9 Å². The second-order valence-corrected chi connectivity index (χ2v) is 7.73. The lowest BCUT2D eigenvalue weighted by atomic mass is 10.1. The minimum absolute atomic E-state index is 0.469. The Morgan fingerprint density at radius 2 is 1.83 bits per heavy atom. The first-order valence-electron chi connectivity index (χ1n) is 11.0. The summed E-state index contributed by atoms with van der Waals surface area (Å²) in [6.07, 6.45) is 5.11. The van der Waals surface area contributed by atoms with E-state index in [1.807, 2.05) is 49.5 Å². The first-order valence-corrected chi connectivity index (χ1v) is 11.0. The molecule has 0 bridgehead atoms. The number of benzene rings is 1. The van der Waals surface area contributed by atoms with Crippen LogP contribution in [-0.2, 0) is 6.54 Å². The van der Waals surface area contributed by atoms with E-state index in [9.17, 15) is 0 Å². The SMILES string of the molecule is COc1ccc(NCc2cnc(Nc3cccnc3OC)c(-c3nc(C)nc4nc[nH]c34)c2)cc1. The van der Waals surface area contributed by atoms with Crippen LogP contribution >= 0.6 is 0 Å². The van der Waals surface area contributed by atoms with E-state index in [0.717, 1.165) is 28.1 Å². The lowest BCUT2D eigenvalue weighted by Gasteiger charge is -2.15. The number of aromatic amines is 1. The van der Waals surface area contributed by atoms with Gasteiger partial charge in [-0.3, -0.25) is 0 Å². The van der Waals surface area contributed by atoms with Crippen molar-refractivity contribution in [1.29, 1.82) is 0 Å². The maximum Gasteiger partial charge on any atom is 0.237 e. The number of nitrogens with zero attached hydrogens (tertiary/aromatic N) is 5. The quantitative estimate of drug-likeness (QED) is 0.302. The Morgan fingerprint density at radius 1 is 0.971 bits per heavy atom. The Balaban J connectivity index is 1.54. The highest BCUT2D eigenvalue weighted by atomic mass is 16.5. The summed E-state index contributed by atoms with van der Waals surface area (Å²) < 4.78 is 10.6. The van der Waals surface area contributed by atoms with E-state index in [1.165, 1.54) is 0 Å². The van der Waals surface area contributed by atoms with Crippen LogP contribution in [0.25, 0.3) is 22.4 Å². The molecule has 0 aliphatic heterocycles. The van der Waals surface area contributed by atoms with E-state index in [1.54, 1.807) is 26.7 Å². The Kier molecular flexibility index (Phi) is 6.08. The molecule has 4 aromatic heterocycles. The molecule has 0 aliphatic rings. The maximum atomic E-state index is 5.41. The number of imidazole rings is 1. The summed E-state index contributed by atoms with van der Waals surface area (Å²) in [6, 6.07) is 13.5. The molecule has 35 heavy (non-hydrogen) atoms. The van der Waals surface area contributed by atoms with Crippen molar-refractivity contribution in [2.75, 3.05) is 24.9 Å². The molecule has 0 saturated heterocycles. The van der Waals surface area contributed by atoms with Gasteiger partial charge in [-0.05, 0) is 55.0 Å². The van der Waals surface area contributed by atoms with Crippen molar-refractivity contribution in [3.63, 3.8) is 0 Å². The van der Waals surface area contributed by atoms with E-state index in [4.69, 9.17) is 19.4 Å². The van der Waals surface area contributed by atoms with Crippen LogP contribution in [0.2, 0.25) is 0 Å². The molecule has 1 aromatic carbocycles. The number of nitrogens with one attached hydrogen (secondary N) is 3. The van der Waals surface area contributed by atoms with Crippen LogP contribution in [-0.4, -0.2) is 44.1 Å². The van der Waals surface area contributed by atoms with E-state index in [2.05, 4.69) is 36.6 Å². The van der Waals surface area contributed by atoms with E-state index >= 15 is 0 Å². The number of hydrogen-bond donors (Lipinski definition) is 3. The summed E-state index contributed by atoms with van der Waals surface area (Å²) in [7, 11) is 3.23.